The van der Waals surface area contributed by atoms with Gasteiger partial charge in [0.05, 0.1) is 0 Å². The zero-order chi connectivity index (χ0) is 20.7. The van der Waals surface area contributed by atoms with Crippen LogP contribution in [0.3, 0.4) is 0 Å². The number of hydrogen-bond donors (Lipinski definition) is 2. The minimum atomic E-state index is -1.31. The maximum absolute atomic E-state index is 13.2. The molecule has 2 N–H and O–H groups in total. The molecule has 156 valence electrons. The van der Waals surface area contributed by atoms with Crippen molar-refractivity contribution in [1.82, 2.24) is 10.2 Å². The highest BCUT2D eigenvalue weighted by Gasteiger charge is 2.35. The highest BCUT2D eigenvalue weighted by atomic mass is 19.1. The summed E-state index contributed by atoms with van der Waals surface area (Å²) in [5.74, 6) is -0.805. The Balaban J connectivity index is 2.14. The molecule has 6 nitrogen and oxygen atoms in total. The van der Waals surface area contributed by atoms with E-state index in [1.165, 1.54) is 24.3 Å². The van der Waals surface area contributed by atoms with Crippen LogP contribution in [0.4, 0.5) is 9.18 Å². The van der Waals surface area contributed by atoms with Crippen LogP contribution in [0.1, 0.15) is 64.5 Å². The molecule has 1 aliphatic heterocycles. The quantitative estimate of drug-likeness (QED) is 0.707. The molecule has 0 aromatic heterocycles. The molecule has 1 aliphatic rings. The number of alkyl carbamates (subject to hydrolysis) is 1. The number of ether oxygens (including phenoxy) is 1. The lowest BCUT2D eigenvalue weighted by Crippen LogP contribution is -2.52. The third kappa shape index (κ3) is 6.19. The molecule has 1 saturated heterocycles. The number of nitrogens with zero attached hydrogens (tertiary/aromatic N) is 1. The van der Waals surface area contributed by atoms with Crippen LogP contribution >= 0.6 is 0 Å². The van der Waals surface area contributed by atoms with Crippen molar-refractivity contribution in [2.45, 2.75) is 70.6 Å². The van der Waals surface area contributed by atoms with Crippen LogP contribution < -0.4 is 5.32 Å². The molecule has 1 unspecified atom stereocenters. The lowest BCUT2D eigenvalue weighted by molar-refractivity contribution is -0.135. The molecule has 1 aromatic carbocycles. The first-order valence-electron chi connectivity index (χ1n) is 9.95. The Kier molecular flexibility index (Phi) is 7.80. The lowest BCUT2D eigenvalue weighted by Gasteiger charge is -2.30. The van der Waals surface area contributed by atoms with Crippen LogP contribution in [0, 0.1) is 5.82 Å². The molecule has 7 heteroatoms. The van der Waals surface area contributed by atoms with E-state index in [2.05, 4.69) is 12.2 Å². The molecule has 0 saturated carbocycles. The van der Waals surface area contributed by atoms with Crippen molar-refractivity contribution in [2.24, 2.45) is 0 Å². The molecule has 0 radical (unpaired) electrons. The van der Waals surface area contributed by atoms with Crippen LogP contribution in [0.5, 0.6) is 0 Å². The van der Waals surface area contributed by atoms with Crippen LogP contribution in [-0.4, -0.2) is 46.7 Å². The minimum absolute atomic E-state index is 0.351. The number of benzene rings is 1. The topological polar surface area (TPSA) is 78.9 Å². The third-order valence-corrected chi connectivity index (χ3v) is 4.99. The van der Waals surface area contributed by atoms with Gasteiger partial charge in [-0.15, -0.1) is 0 Å². The highest BCUT2D eigenvalue weighted by Crippen LogP contribution is 2.23. The van der Waals surface area contributed by atoms with Crippen molar-refractivity contribution in [3.05, 3.63) is 35.6 Å². The van der Waals surface area contributed by atoms with E-state index in [1.807, 2.05) is 13.8 Å². The molecule has 0 bridgehead atoms. The summed E-state index contributed by atoms with van der Waals surface area (Å²) in [5.41, 5.74) is -0.327. The fraction of sp³-hybridized carbons (Fsp3) is 0.619. The monoisotopic (exact) mass is 394 g/mol. The van der Waals surface area contributed by atoms with Crippen LogP contribution in [0.25, 0.3) is 0 Å². The van der Waals surface area contributed by atoms with Gasteiger partial charge >= 0.3 is 6.09 Å². The maximum atomic E-state index is 13.2. The van der Waals surface area contributed by atoms with Gasteiger partial charge in [-0.1, -0.05) is 25.5 Å². The number of rotatable bonds is 8. The van der Waals surface area contributed by atoms with Gasteiger partial charge in [0, 0.05) is 13.1 Å². The lowest BCUT2D eigenvalue weighted by atomic mass is 10.0. The van der Waals surface area contributed by atoms with E-state index in [0.717, 1.165) is 25.7 Å². The molecule has 1 aromatic rings. The standard InChI is InChI=1S/C21H31FN2O4/c1-4-5-12-21(2,3)28-20(27)23-17(19(26)24-13-6-7-14-24)18(25)15-8-10-16(22)11-9-15/h8-11,17-18,25H,4-7,12-14H2,1-3H3,(H,23,27)/t17-,18?/m1/s1. The number of aliphatic hydroxyl groups excluding tert-OH is 1. The molecular formula is C21H31FN2O4. The molecule has 2 rings (SSSR count). The molecule has 1 heterocycles. The van der Waals surface area contributed by atoms with Gasteiger partial charge in [-0.2, -0.15) is 0 Å². The molecule has 2 amide bonds. The van der Waals surface area contributed by atoms with Gasteiger partial charge < -0.3 is 20.1 Å². The third-order valence-electron chi connectivity index (χ3n) is 4.99. The predicted octanol–water partition coefficient (Wildman–Crippen LogP) is 3.55. The summed E-state index contributed by atoms with van der Waals surface area (Å²) in [4.78, 5) is 27.0. The van der Waals surface area contributed by atoms with E-state index in [1.54, 1.807) is 4.90 Å². The molecule has 0 spiro atoms. The number of unbranched alkanes of at least 4 members (excludes halogenated alkanes) is 1. The van der Waals surface area contributed by atoms with E-state index < -0.39 is 29.7 Å². The Bertz CT molecular complexity index is 657. The minimum Gasteiger partial charge on any atom is -0.444 e. The van der Waals surface area contributed by atoms with Gasteiger partial charge in [-0.3, -0.25) is 4.79 Å². The molecule has 2 atom stereocenters. The Morgan fingerprint density at radius 1 is 1.25 bits per heavy atom. The molecule has 1 fully saturated rings. The largest absolute Gasteiger partial charge is 0.444 e. The Labute approximate surface area is 166 Å². The SMILES string of the molecule is CCCCC(C)(C)OC(=O)N[C@@H](C(=O)N1CCCC1)C(O)c1ccc(F)cc1. The normalized spacial score (nSPS) is 16.5. The summed E-state index contributed by atoms with van der Waals surface area (Å²) in [6, 6.07) is 4.04. The van der Waals surface area contributed by atoms with Crippen molar-refractivity contribution in [1.29, 1.82) is 0 Å². The molecule has 28 heavy (non-hydrogen) atoms. The second kappa shape index (κ2) is 9.87. The van der Waals surface area contributed by atoms with E-state index in [9.17, 15) is 19.1 Å². The van der Waals surface area contributed by atoms with Gasteiger partial charge in [0.1, 0.15) is 23.6 Å². The number of amides is 2. The van der Waals surface area contributed by atoms with Crippen molar-refractivity contribution >= 4 is 12.0 Å². The second-order valence-corrected chi connectivity index (χ2v) is 7.90. The summed E-state index contributed by atoms with van der Waals surface area (Å²) in [5, 5.41) is 13.3. The Morgan fingerprint density at radius 3 is 2.43 bits per heavy atom. The highest BCUT2D eigenvalue weighted by molar-refractivity contribution is 5.86. The first-order valence-corrected chi connectivity index (χ1v) is 9.95. The molecular weight excluding hydrogens is 363 g/mol. The summed E-state index contributed by atoms with van der Waals surface area (Å²) in [7, 11) is 0. The zero-order valence-corrected chi connectivity index (χ0v) is 16.9. The van der Waals surface area contributed by atoms with Gasteiger partial charge in [-0.25, -0.2) is 9.18 Å². The van der Waals surface area contributed by atoms with E-state index >= 15 is 0 Å². The van der Waals surface area contributed by atoms with E-state index in [-0.39, 0.29) is 5.91 Å². The summed E-state index contributed by atoms with van der Waals surface area (Å²) < 4.78 is 18.7. The van der Waals surface area contributed by atoms with Crippen molar-refractivity contribution in [3.63, 3.8) is 0 Å². The first kappa shape index (κ1) is 22.1. The number of halogens is 1. The average Bonchev–Trinajstić information content (AvgIpc) is 3.18. The van der Waals surface area contributed by atoms with E-state index in [0.29, 0.717) is 25.1 Å². The van der Waals surface area contributed by atoms with Crippen molar-refractivity contribution < 1.29 is 23.8 Å². The average molecular weight is 394 g/mol. The summed E-state index contributed by atoms with van der Waals surface area (Å²) in [6.45, 7) is 6.86. The fourth-order valence-corrected chi connectivity index (χ4v) is 3.32. The summed E-state index contributed by atoms with van der Waals surface area (Å²) in [6.07, 6.45) is 2.31. The maximum Gasteiger partial charge on any atom is 0.408 e. The number of nitrogens with one attached hydrogen (secondary N) is 1. The fourth-order valence-electron chi connectivity index (χ4n) is 3.32. The Morgan fingerprint density at radius 2 is 1.86 bits per heavy atom. The smallest absolute Gasteiger partial charge is 0.408 e. The first-order chi connectivity index (χ1) is 13.2. The van der Waals surface area contributed by atoms with Crippen molar-refractivity contribution in [2.75, 3.05) is 13.1 Å². The second-order valence-electron chi connectivity index (χ2n) is 7.90. The van der Waals surface area contributed by atoms with Crippen LogP contribution in [-0.2, 0) is 9.53 Å². The number of aliphatic hydroxyl groups is 1. The Hall–Kier alpha value is -2.15. The number of carbonyl (C=O) groups excluding carboxylic acids is 2. The summed E-state index contributed by atoms with van der Waals surface area (Å²) >= 11 is 0. The van der Waals surface area contributed by atoms with Gasteiger partial charge in [0.2, 0.25) is 5.91 Å². The van der Waals surface area contributed by atoms with Crippen LogP contribution in [0.15, 0.2) is 24.3 Å². The van der Waals surface area contributed by atoms with Gasteiger partial charge in [0.15, 0.2) is 0 Å². The van der Waals surface area contributed by atoms with Gasteiger partial charge in [0.25, 0.3) is 0 Å². The van der Waals surface area contributed by atoms with Crippen molar-refractivity contribution in [3.8, 4) is 0 Å². The zero-order valence-electron chi connectivity index (χ0n) is 16.9. The van der Waals surface area contributed by atoms with Gasteiger partial charge in [-0.05, 0) is 57.2 Å². The number of likely N-dealkylation sites (tertiary alicyclic amines) is 1. The number of carbonyl (C=O) groups is 2. The molecule has 0 aliphatic carbocycles. The predicted molar refractivity (Wildman–Crippen MR) is 104 cm³/mol. The van der Waals surface area contributed by atoms with Crippen LogP contribution in [0.2, 0.25) is 0 Å². The number of hydrogen-bond acceptors (Lipinski definition) is 4. The van der Waals surface area contributed by atoms with E-state index in [4.69, 9.17) is 4.74 Å².